The van der Waals surface area contributed by atoms with Gasteiger partial charge in [-0.25, -0.2) is 0 Å². The van der Waals surface area contributed by atoms with E-state index in [1.807, 2.05) is 24.3 Å². The molecule has 122 valence electrons. The Balaban J connectivity index is 2.14. The number of methoxy groups -OCH3 is 1. The number of ether oxygens (including phenoxy) is 1. The summed E-state index contributed by atoms with van der Waals surface area (Å²) in [7, 11) is 1.54. The van der Waals surface area contributed by atoms with Gasteiger partial charge in [0.1, 0.15) is 11.8 Å². The lowest BCUT2D eigenvalue weighted by molar-refractivity contribution is -0.119. The molecule has 0 fully saturated rings. The van der Waals surface area contributed by atoms with Crippen molar-refractivity contribution in [3.8, 4) is 11.8 Å². The van der Waals surface area contributed by atoms with Crippen LogP contribution in [0, 0.1) is 11.3 Å². The van der Waals surface area contributed by atoms with Gasteiger partial charge in [-0.15, -0.1) is 0 Å². The molecule has 2 aromatic rings. The highest BCUT2D eigenvalue weighted by molar-refractivity contribution is 5.97. The Labute approximate surface area is 139 Å². The molecular formula is C18H17N3O3. The van der Waals surface area contributed by atoms with Gasteiger partial charge in [0.25, 0.3) is 5.91 Å². The molecule has 2 rings (SSSR count). The van der Waals surface area contributed by atoms with Gasteiger partial charge in [-0.2, -0.15) is 5.26 Å². The lowest BCUT2D eigenvalue weighted by Gasteiger charge is -2.17. The van der Waals surface area contributed by atoms with Crippen molar-refractivity contribution in [3.63, 3.8) is 0 Å². The van der Waals surface area contributed by atoms with Crippen molar-refractivity contribution in [2.75, 3.05) is 7.11 Å². The maximum absolute atomic E-state index is 12.3. The van der Waals surface area contributed by atoms with Gasteiger partial charge in [0, 0.05) is 12.0 Å². The van der Waals surface area contributed by atoms with Gasteiger partial charge in [0.15, 0.2) is 0 Å². The van der Waals surface area contributed by atoms with E-state index in [0.29, 0.717) is 16.9 Å². The van der Waals surface area contributed by atoms with Crippen LogP contribution in [0.5, 0.6) is 5.75 Å². The molecule has 2 aromatic carbocycles. The number of benzene rings is 2. The van der Waals surface area contributed by atoms with E-state index in [-0.39, 0.29) is 6.42 Å². The van der Waals surface area contributed by atoms with Crippen LogP contribution in [0.1, 0.15) is 21.5 Å². The number of amides is 2. The fourth-order valence-electron chi connectivity index (χ4n) is 2.25. The third-order valence-corrected chi connectivity index (χ3v) is 3.54. The quantitative estimate of drug-likeness (QED) is 0.838. The van der Waals surface area contributed by atoms with E-state index in [4.69, 9.17) is 15.7 Å². The Kier molecular flexibility index (Phi) is 5.53. The minimum absolute atomic E-state index is 0.224. The van der Waals surface area contributed by atoms with Gasteiger partial charge < -0.3 is 15.8 Å². The van der Waals surface area contributed by atoms with E-state index >= 15 is 0 Å². The number of rotatable bonds is 6. The maximum atomic E-state index is 12.3. The third-order valence-electron chi connectivity index (χ3n) is 3.54. The van der Waals surface area contributed by atoms with E-state index in [1.54, 1.807) is 6.07 Å². The van der Waals surface area contributed by atoms with E-state index < -0.39 is 17.9 Å². The van der Waals surface area contributed by atoms with Crippen LogP contribution in [-0.2, 0) is 11.2 Å². The Morgan fingerprint density at radius 3 is 2.46 bits per heavy atom. The van der Waals surface area contributed by atoms with Crippen molar-refractivity contribution in [1.29, 1.82) is 5.26 Å². The molecule has 3 N–H and O–H groups in total. The van der Waals surface area contributed by atoms with E-state index in [9.17, 15) is 9.59 Å². The van der Waals surface area contributed by atoms with Gasteiger partial charge >= 0.3 is 0 Å². The highest BCUT2D eigenvalue weighted by Gasteiger charge is 2.21. The van der Waals surface area contributed by atoms with E-state index in [0.717, 1.165) is 5.56 Å². The van der Waals surface area contributed by atoms with Crippen LogP contribution in [0.3, 0.4) is 0 Å². The summed E-state index contributed by atoms with van der Waals surface area (Å²) in [5, 5.41) is 11.4. The molecule has 0 aliphatic rings. The zero-order valence-electron chi connectivity index (χ0n) is 13.2. The van der Waals surface area contributed by atoms with Crippen molar-refractivity contribution in [1.82, 2.24) is 5.32 Å². The number of carbonyl (C=O) groups excluding carboxylic acids is 2. The summed E-state index contributed by atoms with van der Waals surface area (Å²) in [6, 6.07) is 14.4. The number of para-hydroxylation sites is 1. The first-order valence-corrected chi connectivity index (χ1v) is 7.27. The minimum Gasteiger partial charge on any atom is -0.496 e. The molecule has 0 radical (unpaired) electrons. The Hall–Kier alpha value is -3.33. The molecule has 0 heterocycles. The van der Waals surface area contributed by atoms with Gasteiger partial charge in [-0.3, -0.25) is 9.59 Å². The zero-order chi connectivity index (χ0) is 17.5. The van der Waals surface area contributed by atoms with Crippen molar-refractivity contribution in [2.24, 2.45) is 5.73 Å². The Morgan fingerprint density at radius 2 is 1.88 bits per heavy atom. The summed E-state index contributed by atoms with van der Waals surface area (Å²) in [6.45, 7) is 0. The van der Waals surface area contributed by atoms with Gasteiger partial charge in [-0.1, -0.05) is 18.2 Å². The van der Waals surface area contributed by atoms with Crippen molar-refractivity contribution >= 4 is 11.8 Å². The second-order valence-electron chi connectivity index (χ2n) is 5.13. The first kappa shape index (κ1) is 17.0. The number of nitrogens with one attached hydrogen (secondary N) is 1. The Morgan fingerprint density at radius 1 is 1.21 bits per heavy atom. The lowest BCUT2D eigenvalue weighted by Crippen LogP contribution is -2.45. The number of primary amides is 1. The molecule has 0 aromatic heterocycles. The highest BCUT2D eigenvalue weighted by Crippen LogP contribution is 2.19. The first-order valence-electron chi connectivity index (χ1n) is 7.27. The topological polar surface area (TPSA) is 105 Å². The van der Waals surface area contributed by atoms with Crippen molar-refractivity contribution < 1.29 is 14.3 Å². The highest BCUT2D eigenvalue weighted by atomic mass is 16.5. The molecule has 6 heteroatoms. The Bertz CT molecular complexity index is 779. The van der Waals surface area contributed by atoms with Gasteiger partial charge in [0.2, 0.25) is 5.91 Å². The minimum atomic E-state index is -0.871. The first-order chi connectivity index (χ1) is 11.5. The fraction of sp³-hybridized carbons (Fsp3) is 0.167. The number of nitrogens with two attached hydrogens (primary N) is 1. The van der Waals surface area contributed by atoms with Gasteiger partial charge in [0.05, 0.1) is 18.7 Å². The summed E-state index contributed by atoms with van der Waals surface area (Å²) in [4.78, 5) is 24.0. The molecule has 24 heavy (non-hydrogen) atoms. The SMILES string of the molecule is COc1ccccc1C[C@@H](NC(=O)c1ccc(C#N)cc1)C(N)=O. The molecule has 0 aliphatic heterocycles. The summed E-state index contributed by atoms with van der Waals surface area (Å²) in [6.07, 6.45) is 0.224. The standard InChI is InChI=1S/C18H17N3O3/c1-24-16-5-3-2-4-14(16)10-15(17(20)22)21-18(23)13-8-6-12(11-19)7-9-13/h2-9,15H,10H2,1H3,(H2,20,22)(H,21,23)/t15-/m1/s1. The summed E-state index contributed by atoms with van der Waals surface area (Å²) in [5.41, 5.74) is 6.98. The fourth-order valence-corrected chi connectivity index (χ4v) is 2.25. The number of hydrogen-bond acceptors (Lipinski definition) is 4. The smallest absolute Gasteiger partial charge is 0.251 e. The molecule has 0 saturated carbocycles. The lowest BCUT2D eigenvalue weighted by atomic mass is 10.0. The molecule has 6 nitrogen and oxygen atoms in total. The molecule has 0 saturated heterocycles. The van der Waals surface area contributed by atoms with Crippen molar-refractivity contribution in [3.05, 3.63) is 65.2 Å². The van der Waals surface area contributed by atoms with Crippen LogP contribution in [0.15, 0.2) is 48.5 Å². The number of nitriles is 1. The summed E-state index contributed by atoms with van der Waals surface area (Å²) in [5.74, 6) is -0.447. The molecule has 1 atom stereocenters. The maximum Gasteiger partial charge on any atom is 0.251 e. The second kappa shape index (κ2) is 7.79. The molecule has 0 bridgehead atoms. The third kappa shape index (κ3) is 4.11. The number of carbonyl (C=O) groups is 2. The largest absolute Gasteiger partial charge is 0.496 e. The van der Waals surface area contributed by atoms with E-state index in [2.05, 4.69) is 5.32 Å². The number of hydrogen-bond donors (Lipinski definition) is 2. The summed E-state index contributed by atoms with van der Waals surface area (Å²) < 4.78 is 5.25. The monoisotopic (exact) mass is 323 g/mol. The predicted octanol–water partition coefficient (Wildman–Crippen LogP) is 1.39. The normalized spacial score (nSPS) is 11.2. The molecule has 2 amide bonds. The summed E-state index contributed by atoms with van der Waals surface area (Å²) >= 11 is 0. The van der Waals surface area contributed by atoms with E-state index in [1.165, 1.54) is 31.4 Å². The van der Waals surface area contributed by atoms with Crippen LogP contribution < -0.4 is 15.8 Å². The average molecular weight is 323 g/mol. The van der Waals surface area contributed by atoms with Crippen LogP contribution in [0.2, 0.25) is 0 Å². The van der Waals surface area contributed by atoms with Gasteiger partial charge in [-0.05, 0) is 35.9 Å². The predicted molar refractivity (Wildman–Crippen MR) is 88.3 cm³/mol. The van der Waals surface area contributed by atoms with Crippen LogP contribution >= 0.6 is 0 Å². The average Bonchev–Trinajstić information content (AvgIpc) is 2.61. The zero-order valence-corrected chi connectivity index (χ0v) is 13.2. The van der Waals surface area contributed by atoms with Crippen molar-refractivity contribution in [2.45, 2.75) is 12.5 Å². The van der Waals surface area contributed by atoms with Crippen LogP contribution in [0.25, 0.3) is 0 Å². The second-order valence-corrected chi connectivity index (χ2v) is 5.13. The molecular weight excluding hydrogens is 306 g/mol. The van der Waals surface area contributed by atoms with Crippen LogP contribution in [0.4, 0.5) is 0 Å². The molecule has 0 aliphatic carbocycles. The van der Waals surface area contributed by atoms with Crippen LogP contribution in [-0.4, -0.2) is 25.0 Å². The molecule has 0 unspecified atom stereocenters. The molecule has 0 spiro atoms. The number of nitrogens with zero attached hydrogens (tertiary/aromatic N) is 1.